The summed E-state index contributed by atoms with van der Waals surface area (Å²) in [6.07, 6.45) is 1.18. The van der Waals surface area contributed by atoms with Gasteiger partial charge < -0.3 is 15.8 Å². The molecule has 25 heavy (non-hydrogen) atoms. The maximum Gasteiger partial charge on any atom is 0.331 e. The van der Waals surface area contributed by atoms with E-state index in [9.17, 15) is 18.8 Å². The first kappa shape index (κ1) is 18.3. The Bertz CT molecular complexity index is 832. The molecule has 2 aromatic rings. The lowest BCUT2D eigenvalue weighted by Crippen LogP contribution is -2.29. The molecule has 130 valence electrons. The molecule has 0 fully saturated rings. The van der Waals surface area contributed by atoms with Gasteiger partial charge in [0, 0.05) is 11.6 Å². The largest absolute Gasteiger partial charge is 0.449 e. The van der Waals surface area contributed by atoms with Gasteiger partial charge in [-0.3, -0.25) is 9.59 Å². The number of carbonyl (C=O) groups excluding carboxylic acids is 3. The molecule has 1 heterocycles. The average molecular weight is 362 g/mol. The van der Waals surface area contributed by atoms with Crippen molar-refractivity contribution in [3.8, 4) is 0 Å². The number of thiophene rings is 1. The Kier molecular flexibility index (Phi) is 6.02. The van der Waals surface area contributed by atoms with Crippen molar-refractivity contribution in [2.75, 3.05) is 5.32 Å². The Balaban J connectivity index is 1.94. The summed E-state index contributed by atoms with van der Waals surface area (Å²) < 4.78 is 18.4. The van der Waals surface area contributed by atoms with Gasteiger partial charge in [0.1, 0.15) is 10.8 Å². The molecule has 2 amide bonds. The summed E-state index contributed by atoms with van der Waals surface area (Å²) in [6.45, 7) is 1.38. The van der Waals surface area contributed by atoms with E-state index in [1.807, 2.05) is 0 Å². The van der Waals surface area contributed by atoms with E-state index in [4.69, 9.17) is 10.5 Å². The fourth-order valence-corrected chi connectivity index (χ4v) is 2.64. The smallest absolute Gasteiger partial charge is 0.331 e. The lowest BCUT2D eigenvalue weighted by Gasteiger charge is -2.12. The number of ether oxygens (including phenoxy) is 1. The second-order valence-corrected chi connectivity index (χ2v) is 5.87. The van der Waals surface area contributed by atoms with Gasteiger partial charge in [-0.05, 0) is 30.5 Å². The summed E-state index contributed by atoms with van der Waals surface area (Å²) in [4.78, 5) is 35.0. The molecular formula is C17H15FN2O4S. The molecule has 0 saturated carbocycles. The monoisotopic (exact) mass is 362 g/mol. The number of halogens is 1. The quantitative estimate of drug-likeness (QED) is 0.609. The Morgan fingerprint density at radius 3 is 2.68 bits per heavy atom. The van der Waals surface area contributed by atoms with Crippen molar-refractivity contribution in [2.24, 2.45) is 5.73 Å². The van der Waals surface area contributed by atoms with E-state index in [-0.39, 0.29) is 16.1 Å². The molecule has 0 unspecified atom stereocenters. The second kappa shape index (κ2) is 8.20. The van der Waals surface area contributed by atoms with Crippen molar-refractivity contribution in [1.82, 2.24) is 0 Å². The standard InChI is InChI=1S/C17H15FN2O4S/c1-10(16(23)20-17-12(15(19)22)8-9-25-17)24-14(21)7-6-11-4-2-3-5-13(11)18/h2-10H,1H3,(H2,19,22)(H,20,23)/b7-6+/t10-/m0/s1. The van der Waals surface area contributed by atoms with E-state index in [1.165, 1.54) is 37.3 Å². The van der Waals surface area contributed by atoms with Crippen LogP contribution in [0.15, 0.2) is 41.8 Å². The number of hydrogen-bond acceptors (Lipinski definition) is 5. The first-order chi connectivity index (χ1) is 11.9. The highest BCUT2D eigenvalue weighted by Crippen LogP contribution is 2.23. The van der Waals surface area contributed by atoms with E-state index < -0.39 is 29.7 Å². The number of nitrogens with two attached hydrogens (primary N) is 1. The van der Waals surface area contributed by atoms with Crippen molar-refractivity contribution in [3.63, 3.8) is 0 Å². The van der Waals surface area contributed by atoms with Gasteiger partial charge in [0.15, 0.2) is 6.10 Å². The van der Waals surface area contributed by atoms with Gasteiger partial charge in [0.25, 0.3) is 11.8 Å². The molecule has 2 rings (SSSR count). The molecule has 0 aliphatic heterocycles. The summed E-state index contributed by atoms with van der Waals surface area (Å²) in [5.41, 5.74) is 5.59. The van der Waals surface area contributed by atoms with Crippen LogP contribution in [0.1, 0.15) is 22.8 Å². The molecule has 0 aliphatic carbocycles. The van der Waals surface area contributed by atoms with Crippen LogP contribution < -0.4 is 11.1 Å². The normalized spacial score (nSPS) is 11.9. The zero-order chi connectivity index (χ0) is 18.4. The van der Waals surface area contributed by atoms with Gasteiger partial charge >= 0.3 is 5.97 Å². The Morgan fingerprint density at radius 2 is 2.00 bits per heavy atom. The molecular weight excluding hydrogens is 347 g/mol. The zero-order valence-corrected chi connectivity index (χ0v) is 14.0. The molecule has 0 saturated heterocycles. The maximum absolute atomic E-state index is 13.4. The number of rotatable bonds is 6. The van der Waals surface area contributed by atoms with Crippen LogP contribution in [-0.2, 0) is 14.3 Å². The highest BCUT2D eigenvalue weighted by molar-refractivity contribution is 7.14. The lowest BCUT2D eigenvalue weighted by molar-refractivity contribution is -0.148. The molecule has 0 aliphatic rings. The maximum atomic E-state index is 13.4. The minimum absolute atomic E-state index is 0.177. The summed E-state index contributed by atoms with van der Waals surface area (Å²) in [5.74, 6) is -2.56. The molecule has 8 heteroatoms. The van der Waals surface area contributed by atoms with Crippen LogP contribution in [0, 0.1) is 5.82 Å². The van der Waals surface area contributed by atoms with Crippen LogP contribution in [0.5, 0.6) is 0 Å². The van der Waals surface area contributed by atoms with E-state index in [2.05, 4.69) is 5.32 Å². The SMILES string of the molecule is C[C@H](OC(=O)/C=C/c1ccccc1F)C(=O)Nc1sccc1C(N)=O. The number of esters is 1. The van der Waals surface area contributed by atoms with Gasteiger partial charge in [-0.2, -0.15) is 0 Å². The third kappa shape index (κ3) is 4.98. The second-order valence-electron chi connectivity index (χ2n) is 4.95. The van der Waals surface area contributed by atoms with Crippen LogP contribution in [-0.4, -0.2) is 23.9 Å². The predicted octanol–water partition coefficient (Wildman–Crippen LogP) is 2.57. The van der Waals surface area contributed by atoms with Crippen LogP contribution in [0.3, 0.4) is 0 Å². The number of primary amides is 1. The van der Waals surface area contributed by atoms with Gasteiger partial charge in [-0.15, -0.1) is 11.3 Å². The van der Waals surface area contributed by atoms with Gasteiger partial charge in [-0.1, -0.05) is 18.2 Å². The predicted molar refractivity (Wildman–Crippen MR) is 92.5 cm³/mol. The summed E-state index contributed by atoms with van der Waals surface area (Å²) in [6, 6.07) is 7.40. The third-order valence-corrected chi connectivity index (χ3v) is 3.96. The Hall–Kier alpha value is -3.00. The Labute approximate surface area is 147 Å². The molecule has 0 spiro atoms. The summed E-state index contributed by atoms with van der Waals surface area (Å²) in [7, 11) is 0. The first-order valence-electron chi connectivity index (χ1n) is 7.20. The number of amides is 2. The highest BCUT2D eigenvalue weighted by Gasteiger charge is 2.19. The van der Waals surface area contributed by atoms with E-state index in [0.29, 0.717) is 0 Å². The van der Waals surface area contributed by atoms with Crippen LogP contribution in [0.4, 0.5) is 9.39 Å². The van der Waals surface area contributed by atoms with Gasteiger partial charge in [0.05, 0.1) is 5.56 Å². The molecule has 0 bridgehead atoms. The van der Waals surface area contributed by atoms with Crippen molar-refractivity contribution in [2.45, 2.75) is 13.0 Å². The lowest BCUT2D eigenvalue weighted by atomic mass is 10.2. The minimum atomic E-state index is -1.11. The van der Waals surface area contributed by atoms with Crippen molar-refractivity contribution in [1.29, 1.82) is 0 Å². The summed E-state index contributed by atoms with van der Waals surface area (Å²) in [5, 5.41) is 4.36. The van der Waals surface area contributed by atoms with E-state index in [1.54, 1.807) is 11.4 Å². The number of carbonyl (C=O) groups is 3. The highest BCUT2D eigenvalue weighted by atomic mass is 32.1. The molecule has 1 aromatic carbocycles. The fourth-order valence-electron chi connectivity index (χ4n) is 1.85. The van der Waals surface area contributed by atoms with Crippen LogP contribution >= 0.6 is 11.3 Å². The molecule has 1 atom stereocenters. The van der Waals surface area contributed by atoms with Gasteiger partial charge in [0.2, 0.25) is 0 Å². The van der Waals surface area contributed by atoms with Crippen molar-refractivity contribution >= 4 is 40.2 Å². The number of anilines is 1. The third-order valence-electron chi connectivity index (χ3n) is 3.13. The topological polar surface area (TPSA) is 98.5 Å². The Morgan fingerprint density at radius 1 is 1.28 bits per heavy atom. The zero-order valence-electron chi connectivity index (χ0n) is 13.2. The fraction of sp³-hybridized carbons (Fsp3) is 0.118. The van der Waals surface area contributed by atoms with E-state index in [0.717, 1.165) is 17.4 Å². The minimum Gasteiger partial charge on any atom is -0.449 e. The summed E-state index contributed by atoms with van der Waals surface area (Å²) >= 11 is 1.12. The number of hydrogen-bond donors (Lipinski definition) is 2. The van der Waals surface area contributed by atoms with Crippen molar-refractivity contribution in [3.05, 3.63) is 58.7 Å². The first-order valence-corrected chi connectivity index (χ1v) is 8.08. The number of benzene rings is 1. The van der Waals surface area contributed by atoms with Crippen molar-refractivity contribution < 1.29 is 23.5 Å². The molecule has 6 nitrogen and oxygen atoms in total. The average Bonchev–Trinajstić information content (AvgIpc) is 3.02. The van der Waals surface area contributed by atoms with Gasteiger partial charge in [-0.25, -0.2) is 9.18 Å². The van der Waals surface area contributed by atoms with Crippen LogP contribution in [0.25, 0.3) is 6.08 Å². The van der Waals surface area contributed by atoms with E-state index >= 15 is 0 Å². The van der Waals surface area contributed by atoms with Crippen LogP contribution in [0.2, 0.25) is 0 Å². The number of nitrogens with one attached hydrogen (secondary N) is 1. The molecule has 1 aromatic heterocycles. The molecule has 0 radical (unpaired) electrons. The molecule has 3 N–H and O–H groups in total.